The quantitative estimate of drug-likeness (QED) is 0.614. The Morgan fingerprint density at radius 2 is 2.21 bits per heavy atom. The SMILES string of the molecule is COc1ccc(Br)cc1N(C)C(=O)Cl. The molecule has 3 nitrogen and oxygen atoms in total. The zero-order valence-corrected chi connectivity index (χ0v) is 10.1. The van der Waals surface area contributed by atoms with Gasteiger partial charge in [0.05, 0.1) is 12.8 Å². The van der Waals surface area contributed by atoms with Gasteiger partial charge < -0.3 is 4.74 Å². The summed E-state index contributed by atoms with van der Waals surface area (Å²) < 4.78 is 5.96. The first-order valence-corrected chi connectivity index (χ1v) is 5.00. The molecule has 0 radical (unpaired) electrons. The minimum absolute atomic E-state index is 0.554. The summed E-state index contributed by atoms with van der Waals surface area (Å²) in [5.41, 5.74) is 0.627. The second-order valence-electron chi connectivity index (χ2n) is 2.63. The molecule has 0 aliphatic carbocycles. The topological polar surface area (TPSA) is 29.5 Å². The van der Waals surface area contributed by atoms with Crippen LogP contribution in [0.15, 0.2) is 22.7 Å². The molecule has 0 bridgehead atoms. The first kappa shape index (κ1) is 11.3. The highest BCUT2D eigenvalue weighted by Gasteiger charge is 2.13. The van der Waals surface area contributed by atoms with Crippen LogP contribution in [-0.2, 0) is 0 Å². The summed E-state index contributed by atoms with van der Waals surface area (Å²) in [6.07, 6.45) is 0. The van der Waals surface area contributed by atoms with Gasteiger partial charge in [-0.2, -0.15) is 0 Å². The standard InChI is InChI=1S/C9H9BrClNO2/c1-12(9(11)13)7-5-6(10)3-4-8(7)14-2/h3-5H,1-2H3. The average Bonchev–Trinajstić information content (AvgIpc) is 2.16. The Morgan fingerprint density at radius 1 is 1.57 bits per heavy atom. The van der Waals surface area contributed by atoms with Crippen molar-refractivity contribution in [2.45, 2.75) is 0 Å². The van der Waals surface area contributed by atoms with Crippen molar-refractivity contribution in [3.63, 3.8) is 0 Å². The first-order chi connectivity index (χ1) is 6.56. The van der Waals surface area contributed by atoms with E-state index in [1.54, 1.807) is 26.3 Å². The Hall–Kier alpha value is -0.740. The molecule has 0 aromatic heterocycles. The zero-order chi connectivity index (χ0) is 10.7. The second kappa shape index (κ2) is 4.66. The van der Waals surface area contributed by atoms with Gasteiger partial charge in [0.1, 0.15) is 5.75 Å². The molecule has 0 fully saturated rings. The Morgan fingerprint density at radius 3 is 2.71 bits per heavy atom. The minimum atomic E-state index is -0.554. The molecule has 0 N–H and O–H groups in total. The summed E-state index contributed by atoms with van der Waals surface area (Å²) in [6.45, 7) is 0. The summed E-state index contributed by atoms with van der Waals surface area (Å²) in [7, 11) is 3.12. The van der Waals surface area contributed by atoms with Crippen molar-refractivity contribution in [3.05, 3.63) is 22.7 Å². The van der Waals surface area contributed by atoms with E-state index in [0.29, 0.717) is 11.4 Å². The third kappa shape index (κ3) is 2.39. The number of methoxy groups -OCH3 is 1. The van der Waals surface area contributed by atoms with Crippen molar-refractivity contribution in [2.75, 3.05) is 19.1 Å². The van der Waals surface area contributed by atoms with Gasteiger partial charge in [0.15, 0.2) is 0 Å². The summed E-state index contributed by atoms with van der Waals surface area (Å²) in [6, 6.07) is 5.35. The fourth-order valence-corrected chi connectivity index (χ4v) is 1.46. The predicted octanol–water partition coefficient (Wildman–Crippen LogP) is 3.25. The van der Waals surface area contributed by atoms with Gasteiger partial charge in [-0.25, -0.2) is 0 Å². The highest BCUT2D eigenvalue weighted by Crippen LogP contribution is 2.31. The van der Waals surface area contributed by atoms with Crippen molar-refractivity contribution in [3.8, 4) is 5.75 Å². The number of anilines is 1. The first-order valence-electron chi connectivity index (χ1n) is 3.83. The van der Waals surface area contributed by atoms with Crippen LogP contribution in [0.2, 0.25) is 0 Å². The van der Waals surface area contributed by atoms with E-state index in [9.17, 15) is 4.79 Å². The smallest absolute Gasteiger partial charge is 0.320 e. The molecule has 0 heterocycles. The van der Waals surface area contributed by atoms with Crippen LogP contribution < -0.4 is 9.64 Å². The van der Waals surface area contributed by atoms with Gasteiger partial charge in [-0.3, -0.25) is 9.69 Å². The van der Waals surface area contributed by atoms with Crippen LogP contribution in [0.1, 0.15) is 0 Å². The number of nitrogens with zero attached hydrogens (tertiary/aromatic N) is 1. The molecule has 1 amide bonds. The van der Waals surface area contributed by atoms with Gasteiger partial charge in [-0.05, 0) is 29.8 Å². The highest BCUT2D eigenvalue weighted by molar-refractivity contribution is 9.10. The molecule has 0 aliphatic heterocycles. The van der Waals surface area contributed by atoms with Crippen LogP contribution >= 0.6 is 27.5 Å². The highest BCUT2D eigenvalue weighted by atomic mass is 79.9. The van der Waals surface area contributed by atoms with E-state index in [1.807, 2.05) is 6.07 Å². The molecule has 0 saturated heterocycles. The minimum Gasteiger partial charge on any atom is -0.495 e. The lowest BCUT2D eigenvalue weighted by Gasteiger charge is -2.17. The van der Waals surface area contributed by atoms with Crippen LogP contribution in [0, 0.1) is 0 Å². The summed E-state index contributed by atoms with van der Waals surface area (Å²) >= 11 is 8.67. The fraction of sp³-hybridized carbons (Fsp3) is 0.222. The van der Waals surface area contributed by atoms with Crippen molar-refractivity contribution in [2.24, 2.45) is 0 Å². The summed E-state index contributed by atoms with van der Waals surface area (Å²) in [4.78, 5) is 12.3. The lowest BCUT2D eigenvalue weighted by Crippen LogP contribution is -2.20. The van der Waals surface area contributed by atoms with Crippen LogP contribution in [0.3, 0.4) is 0 Å². The van der Waals surface area contributed by atoms with E-state index in [0.717, 1.165) is 4.47 Å². The van der Waals surface area contributed by atoms with E-state index >= 15 is 0 Å². The van der Waals surface area contributed by atoms with E-state index in [1.165, 1.54) is 4.90 Å². The molecular weight excluding hydrogens is 269 g/mol. The van der Waals surface area contributed by atoms with Gasteiger partial charge in [0.25, 0.3) is 0 Å². The monoisotopic (exact) mass is 277 g/mol. The number of carbonyl (C=O) groups excluding carboxylic acids is 1. The number of amides is 1. The van der Waals surface area contributed by atoms with Crippen LogP contribution in [0.4, 0.5) is 10.5 Å². The average molecular weight is 279 g/mol. The summed E-state index contributed by atoms with van der Waals surface area (Å²) in [5, 5.41) is -0.554. The van der Waals surface area contributed by atoms with E-state index < -0.39 is 5.37 Å². The number of rotatable bonds is 2. The van der Waals surface area contributed by atoms with Gasteiger partial charge in [0, 0.05) is 11.5 Å². The maximum atomic E-state index is 10.9. The number of hydrogen-bond acceptors (Lipinski definition) is 2. The Bertz CT molecular complexity index is 357. The Labute approximate surface area is 95.7 Å². The molecule has 1 aromatic rings. The maximum absolute atomic E-state index is 10.9. The number of hydrogen-bond donors (Lipinski definition) is 0. The Balaban J connectivity index is 3.16. The summed E-state index contributed by atoms with van der Waals surface area (Å²) in [5.74, 6) is 0.602. The fourth-order valence-electron chi connectivity index (χ4n) is 1.02. The third-order valence-corrected chi connectivity index (χ3v) is 2.51. The van der Waals surface area contributed by atoms with Crippen LogP contribution in [0.25, 0.3) is 0 Å². The Kier molecular flexibility index (Phi) is 3.77. The lowest BCUT2D eigenvalue weighted by molar-refractivity contribution is 0.265. The number of halogens is 2. The molecule has 0 aliphatic rings. The molecule has 1 aromatic carbocycles. The molecule has 5 heteroatoms. The molecule has 1 rings (SSSR count). The largest absolute Gasteiger partial charge is 0.495 e. The molecule has 0 atom stereocenters. The van der Waals surface area contributed by atoms with Gasteiger partial charge in [-0.15, -0.1) is 0 Å². The van der Waals surface area contributed by atoms with E-state index in [2.05, 4.69) is 15.9 Å². The maximum Gasteiger partial charge on any atom is 0.320 e. The van der Waals surface area contributed by atoms with Gasteiger partial charge in [-0.1, -0.05) is 15.9 Å². The molecule has 0 saturated carbocycles. The number of ether oxygens (including phenoxy) is 1. The molecule has 14 heavy (non-hydrogen) atoms. The second-order valence-corrected chi connectivity index (χ2v) is 3.87. The van der Waals surface area contributed by atoms with Gasteiger partial charge >= 0.3 is 5.37 Å². The molecule has 0 spiro atoms. The molecular formula is C9H9BrClNO2. The van der Waals surface area contributed by atoms with Gasteiger partial charge in [0.2, 0.25) is 0 Å². The third-order valence-electron chi connectivity index (χ3n) is 1.77. The predicted molar refractivity (Wildman–Crippen MR) is 60.3 cm³/mol. The normalized spacial score (nSPS) is 9.71. The lowest BCUT2D eigenvalue weighted by atomic mass is 10.3. The zero-order valence-electron chi connectivity index (χ0n) is 7.75. The van der Waals surface area contributed by atoms with Crippen molar-refractivity contribution in [1.82, 2.24) is 0 Å². The van der Waals surface area contributed by atoms with E-state index in [-0.39, 0.29) is 0 Å². The van der Waals surface area contributed by atoms with E-state index in [4.69, 9.17) is 16.3 Å². The number of benzene rings is 1. The van der Waals surface area contributed by atoms with Crippen LogP contribution in [-0.4, -0.2) is 19.5 Å². The molecule has 0 unspecified atom stereocenters. The molecule has 76 valence electrons. The van der Waals surface area contributed by atoms with Crippen molar-refractivity contribution in [1.29, 1.82) is 0 Å². The van der Waals surface area contributed by atoms with Crippen molar-refractivity contribution < 1.29 is 9.53 Å². The van der Waals surface area contributed by atoms with Crippen molar-refractivity contribution >= 4 is 38.6 Å². The van der Waals surface area contributed by atoms with Crippen LogP contribution in [0.5, 0.6) is 5.75 Å². The number of carbonyl (C=O) groups is 1.